The summed E-state index contributed by atoms with van der Waals surface area (Å²) in [6.07, 6.45) is 3.62. The van der Waals surface area contributed by atoms with Crippen LogP contribution in [0.2, 0.25) is 0 Å². The van der Waals surface area contributed by atoms with Crippen LogP contribution in [0.25, 0.3) is 10.9 Å². The summed E-state index contributed by atoms with van der Waals surface area (Å²) in [7, 11) is 0. The number of rotatable bonds is 8. The lowest BCUT2D eigenvalue weighted by Gasteiger charge is -2.26. The van der Waals surface area contributed by atoms with Gasteiger partial charge in [-0.15, -0.1) is 0 Å². The van der Waals surface area contributed by atoms with Gasteiger partial charge in [0.1, 0.15) is 6.04 Å². The average Bonchev–Trinajstić information content (AvgIpc) is 2.61. The van der Waals surface area contributed by atoms with Gasteiger partial charge in [-0.25, -0.2) is 4.98 Å². The van der Waals surface area contributed by atoms with Gasteiger partial charge in [0, 0.05) is 0 Å². The molecule has 0 radical (unpaired) electrons. The molecule has 2 rings (SSSR count). The van der Waals surface area contributed by atoms with Crippen LogP contribution in [0.5, 0.6) is 0 Å². The maximum Gasteiger partial charge on any atom is 0.261 e. The lowest BCUT2D eigenvalue weighted by Crippen LogP contribution is -2.53. The molecule has 1 N–H and O–H groups in total. The molecule has 2 aromatic rings. The number of fused-ring (bicyclic) bond motifs is 1. The van der Waals surface area contributed by atoms with E-state index in [1.165, 1.54) is 22.7 Å². The third-order valence-electron chi connectivity index (χ3n) is 4.14. The summed E-state index contributed by atoms with van der Waals surface area (Å²) >= 11 is 1.54. The van der Waals surface area contributed by atoms with Crippen molar-refractivity contribution < 1.29 is 14.7 Å². The van der Waals surface area contributed by atoms with E-state index in [-0.39, 0.29) is 11.5 Å². The van der Waals surface area contributed by atoms with Crippen LogP contribution >= 0.6 is 11.8 Å². The van der Waals surface area contributed by atoms with Crippen LogP contribution in [0.4, 0.5) is 0 Å². The number of benzene rings is 1. The number of para-hydroxylation sites is 1. The highest BCUT2D eigenvalue weighted by Crippen LogP contribution is 2.16. The zero-order valence-electron chi connectivity index (χ0n) is 15.0. The summed E-state index contributed by atoms with van der Waals surface area (Å²) in [5.41, 5.74) is 0.221. The van der Waals surface area contributed by atoms with Gasteiger partial charge in [0.2, 0.25) is 5.91 Å². The molecule has 0 aliphatic rings. The van der Waals surface area contributed by atoms with Gasteiger partial charge in [-0.2, -0.15) is 11.8 Å². The van der Waals surface area contributed by atoms with E-state index in [0.29, 0.717) is 23.1 Å². The van der Waals surface area contributed by atoms with Crippen molar-refractivity contribution in [1.82, 2.24) is 14.9 Å². The minimum Gasteiger partial charge on any atom is -0.548 e. The number of nitrogens with zero attached hydrogens (tertiary/aromatic N) is 2. The van der Waals surface area contributed by atoms with E-state index >= 15 is 0 Å². The number of carbonyl (C=O) groups excluding carboxylic acids is 2. The quantitative estimate of drug-likeness (QED) is 0.723. The standard InChI is InChI=1S/C18H23N3O4S/c1-11(2)15(18(24)25)20-16(22)14(8-9-26-3)21-10-19-13-7-5-4-6-12(13)17(21)23/h4-7,10-11,14-15H,8-9H2,1-3H3,(H,20,22)(H,24,25)/p-1/t14-,15-/m0/s1. The number of hydrogen-bond donors (Lipinski definition) is 1. The molecule has 1 aromatic heterocycles. The van der Waals surface area contributed by atoms with E-state index in [2.05, 4.69) is 10.3 Å². The fourth-order valence-corrected chi connectivity index (χ4v) is 3.14. The van der Waals surface area contributed by atoms with Gasteiger partial charge >= 0.3 is 0 Å². The zero-order chi connectivity index (χ0) is 19.3. The summed E-state index contributed by atoms with van der Waals surface area (Å²) in [4.78, 5) is 41.1. The summed E-state index contributed by atoms with van der Waals surface area (Å²) in [6, 6.07) is 4.93. The molecule has 26 heavy (non-hydrogen) atoms. The third kappa shape index (κ3) is 4.43. The smallest absolute Gasteiger partial charge is 0.261 e. The highest BCUT2D eigenvalue weighted by molar-refractivity contribution is 7.98. The average molecular weight is 376 g/mol. The van der Waals surface area contributed by atoms with E-state index < -0.39 is 24.0 Å². The van der Waals surface area contributed by atoms with E-state index in [1.807, 2.05) is 6.26 Å². The van der Waals surface area contributed by atoms with E-state index in [1.54, 1.807) is 38.1 Å². The number of aliphatic carboxylic acids is 1. The predicted octanol–water partition coefficient (Wildman–Crippen LogP) is 0.581. The van der Waals surface area contributed by atoms with Crippen molar-refractivity contribution >= 4 is 34.5 Å². The highest BCUT2D eigenvalue weighted by Gasteiger charge is 2.26. The highest BCUT2D eigenvalue weighted by atomic mass is 32.2. The van der Waals surface area contributed by atoms with Gasteiger partial charge in [0.25, 0.3) is 5.56 Å². The topological polar surface area (TPSA) is 104 Å². The first-order valence-electron chi connectivity index (χ1n) is 8.32. The molecule has 1 heterocycles. The predicted molar refractivity (Wildman–Crippen MR) is 99.8 cm³/mol. The first-order chi connectivity index (χ1) is 12.4. The summed E-state index contributed by atoms with van der Waals surface area (Å²) in [6.45, 7) is 3.36. The molecular formula is C18H22N3O4S-. The Balaban J connectivity index is 2.41. The molecule has 0 aliphatic carbocycles. The van der Waals surface area contributed by atoms with Crippen LogP contribution < -0.4 is 16.0 Å². The van der Waals surface area contributed by atoms with Gasteiger partial charge in [-0.1, -0.05) is 26.0 Å². The Labute approximate surface area is 155 Å². The SMILES string of the molecule is CSCC[C@@H](C(=O)N[C@H](C(=O)[O-])C(C)C)n1cnc2ccccc2c1=O. The maximum absolute atomic E-state index is 12.8. The fourth-order valence-electron chi connectivity index (χ4n) is 2.68. The second-order valence-corrected chi connectivity index (χ2v) is 7.31. The number of amides is 1. The first kappa shape index (κ1) is 20.0. The largest absolute Gasteiger partial charge is 0.548 e. The Bertz CT molecular complexity index is 850. The molecule has 140 valence electrons. The second-order valence-electron chi connectivity index (χ2n) is 6.32. The van der Waals surface area contributed by atoms with Crippen molar-refractivity contribution in [2.75, 3.05) is 12.0 Å². The van der Waals surface area contributed by atoms with Gasteiger partial charge in [0.05, 0.1) is 29.2 Å². The molecule has 0 bridgehead atoms. The normalized spacial score (nSPS) is 13.5. The van der Waals surface area contributed by atoms with Gasteiger partial charge < -0.3 is 15.2 Å². The third-order valence-corrected chi connectivity index (χ3v) is 4.79. The van der Waals surface area contributed by atoms with Crippen LogP contribution in [-0.4, -0.2) is 39.5 Å². The van der Waals surface area contributed by atoms with Crippen molar-refractivity contribution in [1.29, 1.82) is 0 Å². The number of thioether (sulfide) groups is 1. The number of carboxylic acids is 1. The lowest BCUT2D eigenvalue weighted by atomic mass is 10.0. The van der Waals surface area contributed by atoms with E-state index in [9.17, 15) is 19.5 Å². The number of carboxylic acid groups (broad SMARTS) is 1. The van der Waals surface area contributed by atoms with Crippen LogP contribution in [0.3, 0.4) is 0 Å². The molecule has 0 saturated carbocycles. The van der Waals surface area contributed by atoms with Gasteiger partial charge in [-0.3, -0.25) is 14.2 Å². The van der Waals surface area contributed by atoms with Crippen LogP contribution in [0.15, 0.2) is 35.4 Å². The van der Waals surface area contributed by atoms with E-state index in [0.717, 1.165) is 0 Å². The number of hydrogen-bond acceptors (Lipinski definition) is 6. The van der Waals surface area contributed by atoms with Crippen molar-refractivity contribution in [3.8, 4) is 0 Å². The molecule has 0 aliphatic heterocycles. The summed E-state index contributed by atoms with van der Waals surface area (Å²) in [5.74, 6) is -1.58. The van der Waals surface area contributed by atoms with Crippen molar-refractivity contribution in [3.05, 3.63) is 40.9 Å². The Kier molecular flexibility index (Phi) is 6.79. The molecule has 0 unspecified atom stereocenters. The van der Waals surface area contributed by atoms with Gasteiger partial charge in [-0.05, 0) is 36.5 Å². The number of nitrogens with one attached hydrogen (secondary N) is 1. The van der Waals surface area contributed by atoms with Crippen LogP contribution in [-0.2, 0) is 9.59 Å². The molecule has 2 atom stereocenters. The molecule has 0 spiro atoms. The fraction of sp³-hybridized carbons (Fsp3) is 0.444. The molecule has 7 nitrogen and oxygen atoms in total. The lowest BCUT2D eigenvalue weighted by molar-refractivity contribution is -0.309. The Hall–Kier alpha value is -2.35. The molecular weight excluding hydrogens is 354 g/mol. The maximum atomic E-state index is 12.8. The Morgan fingerprint density at radius 3 is 2.62 bits per heavy atom. The monoisotopic (exact) mass is 376 g/mol. The van der Waals surface area contributed by atoms with Crippen molar-refractivity contribution in [3.63, 3.8) is 0 Å². The van der Waals surface area contributed by atoms with Crippen molar-refractivity contribution in [2.24, 2.45) is 5.92 Å². The van der Waals surface area contributed by atoms with Crippen LogP contribution in [0.1, 0.15) is 26.3 Å². The Morgan fingerprint density at radius 1 is 1.31 bits per heavy atom. The number of carbonyl (C=O) groups is 2. The summed E-state index contributed by atoms with van der Waals surface area (Å²) in [5, 5.41) is 14.2. The zero-order valence-corrected chi connectivity index (χ0v) is 15.8. The second kappa shape index (κ2) is 8.84. The van der Waals surface area contributed by atoms with Crippen molar-refractivity contribution in [2.45, 2.75) is 32.4 Å². The molecule has 1 aromatic carbocycles. The molecule has 0 fully saturated rings. The molecule has 0 saturated heterocycles. The summed E-state index contributed by atoms with van der Waals surface area (Å²) < 4.78 is 1.28. The minimum atomic E-state index is -1.35. The van der Waals surface area contributed by atoms with Gasteiger partial charge in [0.15, 0.2) is 0 Å². The Morgan fingerprint density at radius 2 is 2.00 bits per heavy atom. The van der Waals surface area contributed by atoms with Crippen LogP contribution in [0, 0.1) is 5.92 Å². The first-order valence-corrected chi connectivity index (χ1v) is 9.72. The number of aromatic nitrogens is 2. The van der Waals surface area contributed by atoms with E-state index in [4.69, 9.17) is 0 Å². The molecule has 1 amide bonds. The molecule has 8 heteroatoms. The minimum absolute atomic E-state index is 0.327.